The van der Waals surface area contributed by atoms with Crippen molar-refractivity contribution in [3.8, 4) is 5.75 Å². The molecule has 1 aromatic carbocycles. The van der Waals surface area contributed by atoms with E-state index in [1.807, 2.05) is 0 Å². The molecule has 0 saturated heterocycles. The minimum Gasteiger partial charge on any atom is -0.610 e. The van der Waals surface area contributed by atoms with Crippen LogP contribution in [0.15, 0.2) is 18.2 Å². The van der Waals surface area contributed by atoms with Gasteiger partial charge in [-0.25, -0.2) is 0 Å². The molecule has 0 aliphatic rings. The van der Waals surface area contributed by atoms with Gasteiger partial charge in [0, 0.05) is 0 Å². The molecule has 0 aliphatic heterocycles. The quantitative estimate of drug-likeness (QED) is 0.378. The Morgan fingerprint density at radius 1 is 1.40 bits per heavy atom. The van der Waals surface area contributed by atoms with E-state index in [2.05, 4.69) is 4.74 Å². The summed E-state index contributed by atoms with van der Waals surface area (Å²) in [4.78, 5) is 20.3. The Morgan fingerprint density at radius 2 is 2.00 bits per heavy atom. The third-order valence-electron chi connectivity index (χ3n) is 1.58. The number of benzene rings is 1. The van der Waals surface area contributed by atoms with Gasteiger partial charge < -0.3 is 19.4 Å². The molecule has 0 radical (unpaired) electrons. The summed E-state index contributed by atoms with van der Waals surface area (Å²) in [5.41, 5.74) is 0.561. The van der Waals surface area contributed by atoms with E-state index < -0.39 is 5.97 Å². The third-order valence-corrected chi connectivity index (χ3v) is 1.58. The molecule has 0 aliphatic carbocycles. The van der Waals surface area contributed by atoms with Gasteiger partial charge in [0.05, 0.1) is 5.97 Å². The SMILES string of the molecule is Cc1cc(O[C-]=O)ccc1C(=O)[O-].[Na+].[Na+]. The van der Waals surface area contributed by atoms with Crippen LogP contribution in [0.2, 0.25) is 0 Å². The van der Waals surface area contributed by atoms with Crippen LogP contribution in [0.25, 0.3) is 0 Å². The molecule has 0 aromatic heterocycles. The number of ether oxygens (including phenoxy) is 1. The number of rotatable bonds is 3. The molecule has 0 saturated carbocycles. The summed E-state index contributed by atoms with van der Waals surface area (Å²) >= 11 is 0. The van der Waals surface area contributed by atoms with Crippen LogP contribution in [-0.4, -0.2) is 12.4 Å². The maximum Gasteiger partial charge on any atom is 1.00 e. The molecule has 0 atom stereocenters. The molecule has 1 rings (SSSR count). The zero-order chi connectivity index (χ0) is 9.84. The largest absolute Gasteiger partial charge is 1.00 e. The predicted molar refractivity (Wildman–Crippen MR) is 41.8 cm³/mol. The number of aryl methyl sites for hydroxylation is 1. The van der Waals surface area contributed by atoms with E-state index in [1.54, 1.807) is 6.92 Å². The minimum atomic E-state index is -1.25. The van der Waals surface area contributed by atoms with Gasteiger partial charge in [-0.15, -0.1) is 12.1 Å². The van der Waals surface area contributed by atoms with Crippen molar-refractivity contribution in [2.24, 2.45) is 0 Å². The van der Waals surface area contributed by atoms with Gasteiger partial charge in [-0.1, -0.05) is 11.6 Å². The molecule has 0 N–H and O–H groups in total. The molecule has 6 heteroatoms. The maximum atomic E-state index is 10.5. The zero-order valence-corrected chi connectivity index (χ0v) is 12.9. The van der Waals surface area contributed by atoms with Gasteiger partial charge in [0.2, 0.25) is 0 Å². The summed E-state index contributed by atoms with van der Waals surface area (Å²) in [6.45, 7) is 2.83. The van der Waals surface area contributed by atoms with Gasteiger partial charge >= 0.3 is 59.1 Å². The molecule has 4 nitrogen and oxygen atoms in total. The first kappa shape index (κ1) is 17.6. The molecule has 68 valence electrons. The normalized spacial score (nSPS) is 8.07. The van der Waals surface area contributed by atoms with Crippen LogP contribution in [0.1, 0.15) is 15.9 Å². The van der Waals surface area contributed by atoms with Gasteiger partial charge in [-0.05, 0) is 18.2 Å². The number of hydrogen-bond acceptors (Lipinski definition) is 4. The molecule has 0 spiro atoms. The first-order chi connectivity index (χ1) is 6.15. The predicted octanol–water partition coefficient (Wildman–Crippen LogP) is -6.19. The number of aromatic carboxylic acids is 1. The molecule has 0 bridgehead atoms. The molecule has 0 heterocycles. The van der Waals surface area contributed by atoms with Crippen LogP contribution in [0, 0.1) is 6.92 Å². The smallest absolute Gasteiger partial charge is 0.610 e. The first-order valence-corrected chi connectivity index (χ1v) is 3.51. The monoisotopic (exact) mass is 224 g/mol. The standard InChI is InChI=1S/C9H7O4.2Na/c1-6-4-7(13-5-10)2-3-8(6)9(11)12;;/h2-4H,1H3,(H,11,12);;/q-1;2*+1/p-1. The van der Waals surface area contributed by atoms with Crippen molar-refractivity contribution in [2.75, 3.05) is 0 Å². The molecular formula is C9H6Na2O4. The maximum absolute atomic E-state index is 10.5. The number of carboxylic acids is 1. The van der Waals surface area contributed by atoms with E-state index in [1.165, 1.54) is 24.7 Å². The Bertz CT molecular complexity index is 352. The van der Waals surface area contributed by atoms with E-state index >= 15 is 0 Å². The fraction of sp³-hybridized carbons (Fsp3) is 0.111. The number of carboxylic acid groups (broad SMARTS) is 1. The summed E-state index contributed by atoms with van der Waals surface area (Å²) in [5, 5.41) is 10.5. The van der Waals surface area contributed by atoms with Gasteiger partial charge in [-0.2, -0.15) is 0 Å². The second kappa shape index (κ2) is 8.33. The minimum absolute atomic E-state index is 0. The van der Waals surface area contributed by atoms with E-state index in [4.69, 9.17) is 0 Å². The second-order valence-electron chi connectivity index (χ2n) is 2.45. The molecule has 0 amide bonds. The van der Waals surface area contributed by atoms with Crippen LogP contribution in [0.5, 0.6) is 5.75 Å². The summed E-state index contributed by atoms with van der Waals surface area (Å²) < 4.78 is 4.40. The average Bonchev–Trinajstić information content (AvgIpc) is 2.04. The number of carbonyl (C=O) groups excluding carboxylic acids is 2. The molecule has 1 aromatic rings. The van der Waals surface area contributed by atoms with E-state index in [9.17, 15) is 14.7 Å². The van der Waals surface area contributed by atoms with Gasteiger partial charge in [0.25, 0.3) is 0 Å². The Kier molecular flexibility index (Phi) is 9.74. The summed E-state index contributed by atoms with van der Waals surface area (Å²) in [6.07, 6.45) is 0. The van der Waals surface area contributed by atoms with Crippen LogP contribution in [-0.2, 0) is 4.79 Å². The fourth-order valence-corrected chi connectivity index (χ4v) is 0.977. The number of carbonyl (C=O) groups is 1. The van der Waals surface area contributed by atoms with Crippen molar-refractivity contribution in [1.29, 1.82) is 0 Å². The molecular weight excluding hydrogens is 218 g/mol. The summed E-state index contributed by atoms with van der Waals surface area (Å²) in [6, 6.07) is 4.11. The van der Waals surface area contributed by atoms with Crippen LogP contribution in [0.4, 0.5) is 0 Å². The van der Waals surface area contributed by atoms with E-state index in [-0.39, 0.29) is 70.4 Å². The fourth-order valence-electron chi connectivity index (χ4n) is 0.977. The Morgan fingerprint density at radius 3 is 2.40 bits per heavy atom. The topological polar surface area (TPSA) is 66.4 Å². The first-order valence-electron chi connectivity index (χ1n) is 3.51. The Balaban J connectivity index is 0. The number of hydrogen-bond donors (Lipinski definition) is 0. The van der Waals surface area contributed by atoms with E-state index in [0.29, 0.717) is 5.56 Å². The zero-order valence-electron chi connectivity index (χ0n) is 8.87. The van der Waals surface area contributed by atoms with Gasteiger partial charge in [0.15, 0.2) is 6.47 Å². The Labute approximate surface area is 132 Å². The van der Waals surface area contributed by atoms with Crippen molar-refractivity contribution in [2.45, 2.75) is 6.92 Å². The van der Waals surface area contributed by atoms with Gasteiger partial charge in [0.1, 0.15) is 0 Å². The molecule has 0 fully saturated rings. The van der Waals surface area contributed by atoms with Crippen LogP contribution in [0.3, 0.4) is 0 Å². The molecule has 0 unspecified atom stereocenters. The summed E-state index contributed by atoms with van der Waals surface area (Å²) in [7, 11) is 0. The van der Waals surface area contributed by atoms with Crippen LogP contribution < -0.4 is 69.0 Å². The third kappa shape index (κ3) is 5.15. The van der Waals surface area contributed by atoms with Crippen LogP contribution >= 0.6 is 0 Å². The van der Waals surface area contributed by atoms with Crippen molar-refractivity contribution >= 4 is 12.4 Å². The van der Waals surface area contributed by atoms with E-state index in [0.717, 1.165) is 0 Å². The van der Waals surface area contributed by atoms with Gasteiger partial charge in [-0.3, -0.25) is 0 Å². The van der Waals surface area contributed by atoms with Crippen molar-refractivity contribution in [3.05, 3.63) is 29.3 Å². The Hall–Kier alpha value is 0.160. The van der Waals surface area contributed by atoms with Crippen molar-refractivity contribution in [1.82, 2.24) is 0 Å². The van der Waals surface area contributed by atoms with Crippen molar-refractivity contribution < 1.29 is 78.5 Å². The van der Waals surface area contributed by atoms with Crippen molar-refractivity contribution in [3.63, 3.8) is 0 Å². The summed E-state index contributed by atoms with van der Waals surface area (Å²) in [5.74, 6) is -0.989. The second-order valence-corrected chi connectivity index (χ2v) is 2.45. The average molecular weight is 224 g/mol. The molecule has 15 heavy (non-hydrogen) atoms.